The lowest BCUT2D eigenvalue weighted by molar-refractivity contribution is -0.133. The van der Waals surface area contributed by atoms with E-state index in [2.05, 4.69) is 24.0 Å². The summed E-state index contributed by atoms with van der Waals surface area (Å²) in [5, 5.41) is 3.88. The van der Waals surface area contributed by atoms with E-state index in [0.29, 0.717) is 24.2 Å². The molecule has 22 heavy (non-hydrogen) atoms. The summed E-state index contributed by atoms with van der Waals surface area (Å²) in [5.41, 5.74) is 5.70. The average Bonchev–Trinajstić information content (AvgIpc) is 2.92. The number of nitrogens with two attached hydrogens (primary N) is 1. The van der Waals surface area contributed by atoms with Crippen molar-refractivity contribution in [1.82, 2.24) is 15.0 Å². The van der Waals surface area contributed by atoms with Gasteiger partial charge in [-0.05, 0) is 12.8 Å². The molecular formula is C14H26N4O4. The first-order valence-corrected chi connectivity index (χ1v) is 7.28. The van der Waals surface area contributed by atoms with E-state index in [-0.39, 0.29) is 25.2 Å². The summed E-state index contributed by atoms with van der Waals surface area (Å²) in [6.07, 6.45) is -0.253. The Balaban J connectivity index is 2.55. The molecule has 0 aromatic carbocycles. The zero-order chi connectivity index (χ0) is 16.7. The van der Waals surface area contributed by atoms with E-state index >= 15 is 0 Å². The summed E-state index contributed by atoms with van der Waals surface area (Å²) in [4.78, 5) is 17.6. The molecular weight excluding hydrogens is 288 g/mol. The van der Waals surface area contributed by atoms with Crippen LogP contribution in [0.3, 0.4) is 0 Å². The van der Waals surface area contributed by atoms with Crippen LogP contribution in [0.15, 0.2) is 4.52 Å². The largest absolute Gasteiger partial charge is 0.383 e. The molecule has 0 aliphatic carbocycles. The first-order chi connectivity index (χ1) is 10.3. The number of carbonyl (C=O) groups is 1. The summed E-state index contributed by atoms with van der Waals surface area (Å²) in [6.45, 7) is 6.98. The number of ether oxygens (including phenoxy) is 2. The molecule has 126 valence electrons. The van der Waals surface area contributed by atoms with Crippen LogP contribution in [0, 0.1) is 5.92 Å². The third-order valence-electron chi connectivity index (χ3n) is 2.94. The predicted octanol–water partition coefficient (Wildman–Crippen LogP) is 0.735. The minimum Gasteiger partial charge on any atom is -0.383 e. The lowest BCUT2D eigenvalue weighted by Crippen LogP contribution is -2.44. The van der Waals surface area contributed by atoms with Gasteiger partial charge in [-0.25, -0.2) is 0 Å². The lowest BCUT2D eigenvalue weighted by Gasteiger charge is -2.18. The fraction of sp³-hybridized carbons (Fsp3) is 0.786. The lowest BCUT2D eigenvalue weighted by atomic mass is 10.2. The van der Waals surface area contributed by atoms with E-state index in [1.807, 2.05) is 6.92 Å². The third kappa shape index (κ3) is 5.70. The van der Waals surface area contributed by atoms with Gasteiger partial charge in [0.25, 0.3) is 0 Å². The second-order valence-electron chi connectivity index (χ2n) is 5.67. The van der Waals surface area contributed by atoms with Crippen molar-refractivity contribution in [3.8, 4) is 0 Å². The maximum absolute atomic E-state index is 12.0. The van der Waals surface area contributed by atoms with Gasteiger partial charge in [-0.15, -0.1) is 0 Å². The quantitative estimate of drug-likeness (QED) is 0.716. The number of nitrogens with zero attached hydrogens (tertiary/aromatic N) is 3. The van der Waals surface area contributed by atoms with Crippen LogP contribution in [0.2, 0.25) is 0 Å². The molecule has 8 heteroatoms. The van der Waals surface area contributed by atoms with Crippen LogP contribution >= 0.6 is 0 Å². The van der Waals surface area contributed by atoms with E-state index in [4.69, 9.17) is 19.7 Å². The fourth-order valence-electron chi connectivity index (χ4n) is 1.72. The van der Waals surface area contributed by atoms with Crippen molar-refractivity contribution in [2.24, 2.45) is 11.7 Å². The molecule has 2 unspecified atom stereocenters. The highest BCUT2D eigenvalue weighted by Gasteiger charge is 2.21. The molecule has 0 saturated carbocycles. The Bertz CT molecular complexity index is 463. The van der Waals surface area contributed by atoms with Gasteiger partial charge in [-0.1, -0.05) is 19.0 Å². The summed E-state index contributed by atoms with van der Waals surface area (Å²) >= 11 is 0. The van der Waals surface area contributed by atoms with Crippen LogP contribution in [0.1, 0.15) is 38.6 Å². The minimum atomic E-state index is -0.703. The standard InChI is InChI=1S/C14H26N4O4/c1-9(2)7-21-10(3)13-16-12(22-17-13)6-18(4)14(19)11(15)8-20-5/h9-11H,6-8,15H2,1-5H3. The number of likely N-dealkylation sites (N-methyl/N-ethyl adjacent to an activating group) is 1. The highest BCUT2D eigenvalue weighted by molar-refractivity contribution is 5.81. The number of aromatic nitrogens is 2. The summed E-state index contributed by atoms with van der Waals surface area (Å²) < 4.78 is 15.6. The Morgan fingerprint density at radius 1 is 1.36 bits per heavy atom. The molecule has 0 bridgehead atoms. The Morgan fingerprint density at radius 3 is 2.64 bits per heavy atom. The first kappa shape index (κ1) is 18.5. The molecule has 2 N–H and O–H groups in total. The summed E-state index contributed by atoms with van der Waals surface area (Å²) in [7, 11) is 3.12. The second kappa shape index (κ2) is 8.82. The second-order valence-corrected chi connectivity index (χ2v) is 5.67. The Morgan fingerprint density at radius 2 is 2.05 bits per heavy atom. The highest BCUT2D eigenvalue weighted by atomic mass is 16.5. The third-order valence-corrected chi connectivity index (χ3v) is 2.94. The van der Waals surface area contributed by atoms with Crippen molar-refractivity contribution in [3.63, 3.8) is 0 Å². The summed E-state index contributed by atoms with van der Waals surface area (Å²) in [5.74, 6) is 0.999. The maximum Gasteiger partial charge on any atom is 0.246 e. The van der Waals surface area contributed by atoms with E-state index < -0.39 is 6.04 Å². The SMILES string of the molecule is COCC(N)C(=O)N(C)Cc1nc(C(C)OCC(C)C)no1. The van der Waals surface area contributed by atoms with Gasteiger partial charge in [-0.3, -0.25) is 4.79 Å². The first-order valence-electron chi connectivity index (χ1n) is 7.28. The van der Waals surface area contributed by atoms with Gasteiger partial charge in [0.2, 0.25) is 11.8 Å². The minimum absolute atomic E-state index is 0.165. The molecule has 0 radical (unpaired) electrons. The molecule has 0 spiro atoms. The molecule has 1 amide bonds. The molecule has 1 aromatic rings. The predicted molar refractivity (Wildman–Crippen MR) is 79.8 cm³/mol. The maximum atomic E-state index is 12.0. The van der Waals surface area contributed by atoms with E-state index in [9.17, 15) is 4.79 Å². The van der Waals surface area contributed by atoms with Crippen molar-refractivity contribution in [1.29, 1.82) is 0 Å². The van der Waals surface area contributed by atoms with Crippen molar-refractivity contribution < 1.29 is 18.8 Å². The van der Waals surface area contributed by atoms with Gasteiger partial charge in [0.1, 0.15) is 12.1 Å². The smallest absolute Gasteiger partial charge is 0.246 e. The topological polar surface area (TPSA) is 104 Å². The molecule has 1 rings (SSSR count). The van der Waals surface area contributed by atoms with Crippen LogP contribution in [-0.2, 0) is 20.8 Å². The highest BCUT2D eigenvalue weighted by Crippen LogP contribution is 2.15. The van der Waals surface area contributed by atoms with E-state index in [1.165, 1.54) is 12.0 Å². The van der Waals surface area contributed by atoms with Gasteiger partial charge in [0.05, 0.1) is 13.2 Å². The van der Waals surface area contributed by atoms with Crippen molar-refractivity contribution in [3.05, 3.63) is 11.7 Å². The van der Waals surface area contributed by atoms with Gasteiger partial charge in [-0.2, -0.15) is 4.98 Å². The zero-order valence-corrected chi connectivity index (χ0v) is 13.9. The molecule has 1 heterocycles. The normalized spacial score (nSPS) is 14.1. The zero-order valence-electron chi connectivity index (χ0n) is 13.9. The fourth-order valence-corrected chi connectivity index (χ4v) is 1.72. The Labute approximate surface area is 130 Å². The summed E-state index contributed by atoms with van der Waals surface area (Å²) in [6, 6.07) is -0.703. The number of hydrogen-bond donors (Lipinski definition) is 1. The molecule has 0 saturated heterocycles. The van der Waals surface area contributed by atoms with Gasteiger partial charge >= 0.3 is 0 Å². The Hall–Kier alpha value is -1.51. The van der Waals surface area contributed by atoms with Crippen molar-refractivity contribution >= 4 is 5.91 Å². The average molecular weight is 314 g/mol. The number of hydrogen-bond acceptors (Lipinski definition) is 7. The van der Waals surface area contributed by atoms with Crippen LogP contribution in [-0.4, -0.2) is 54.4 Å². The van der Waals surface area contributed by atoms with Crippen molar-refractivity contribution in [2.45, 2.75) is 39.5 Å². The Kier molecular flexibility index (Phi) is 7.43. The van der Waals surface area contributed by atoms with Gasteiger partial charge < -0.3 is 24.6 Å². The van der Waals surface area contributed by atoms with E-state index in [0.717, 1.165) is 0 Å². The van der Waals surface area contributed by atoms with Gasteiger partial charge in [0.15, 0.2) is 5.82 Å². The van der Waals surface area contributed by atoms with Gasteiger partial charge in [0, 0.05) is 20.8 Å². The number of rotatable bonds is 9. The van der Waals surface area contributed by atoms with Crippen LogP contribution in [0.25, 0.3) is 0 Å². The molecule has 2 atom stereocenters. The van der Waals surface area contributed by atoms with Crippen LogP contribution in [0.4, 0.5) is 0 Å². The molecule has 8 nitrogen and oxygen atoms in total. The van der Waals surface area contributed by atoms with E-state index in [1.54, 1.807) is 7.05 Å². The number of carbonyl (C=O) groups excluding carboxylic acids is 1. The van der Waals surface area contributed by atoms with Crippen LogP contribution in [0.5, 0.6) is 0 Å². The molecule has 0 aliphatic heterocycles. The van der Waals surface area contributed by atoms with Crippen molar-refractivity contribution in [2.75, 3.05) is 27.4 Å². The number of methoxy groups -OCH3 is 1. The monoisotopic (exact) mass is 314 g/mol. The number of amides is 1. The molecule has 0 aliphatic rings. The molecule has 0 fully saturated rings. The van der Waals surface area contributed by atoms with Crippen LogP contribution < -0.4 is 5.73 Å². The molecule has 1 aromatic heterocycles.